The third kappa shape index (κ3) is 4.06. The van der Waals surface area contributed by atoms with Gasteiger partial charge in [0.05, 0.1) is 23.7 Å². The largest absolute Gasteiger partial charge is 0.393 e. The van der Waals surface area contributed by atoms with Crippen LogP contribution in [0.4, 0.5) is 23.2 Å². The number of nitrogens with one attached hydrogen (secondary N) is 1. The first-order valence-electron chi connectivity index (χ1n) is 13.5. The van der Waals surface area contributed by atoms with E-state index in [1.165, 1.54) is 25.1 Å². The number of thiophene rings is 1. The molecule has 0 aromatic carbocycles. The fourth-order valence-electron chi connectivity index (χ4n) is 7.45. The van der Waals surface area contributed by atoms with Crippen molar-refractivity contribution >= 4 is 33.1 Å². The van der Waals surface area contributed by atoms with Gasteiger partial charge in [-0.1, -0.05) is 12.8 Å². The van der Waals surface area contributed by atoms with Gasteiger partial charge in [-0.05, 0) is 31.2 Å². The first-order chi connectivity index (χ1) is 18.1. The Morgan fingerprint density at radius 3 is 2.63 bits per heavy atom. The second kappa shape index (κ2) is 8.52. The van der Waals surface area contributed by atoms with Gasteiger partial charge in [0.15, 0.2) is 0 Å². The minimum absolute atomic E-state index is 0.00469. The summed E-state index contributed by atoms with van der Waals surface area (Å²) in [7, 11) is 0. The molecule has 0 unspecified atom stereocenters. The Morgan fingerprint density at radius 2 is 1.97 bits per heavy atom. The number of nitriles is 1. The van der Waals surface area contributed by atoms with Crippen molar-refractivity contribution in [2.24, 2.45) is 23.2 Å². The average molecular weight is 548 g/mol. The molecule has 2 aliphatic carbocycles. The molecule has 2 saturated carbocycles. The van der Waals surface area contributed by atoms with E-state index in [2.05, 4.69) is 16.4 Å². The summed E-state index contributed by atoms with van der Waals surface area (Å²) in [5.41, 5.74) is 0.874. The van der Waals surface area contributed by atoms with Crippen LogP contribution in [0.5, 0.6) is 0 Å². The number of aromatic nitrogens is 1. The lowest BCUT2D eigenvalue weighted by atomic mass is 9.66. The highest BCUT2D eigenvalue weighted by atomic mass is 32.1. The number of halogens is 4. The third-order valence-electron chi connectivity index (χ3n) is 9.35. The number of amides is 1. The zero-order chi connectivity index (χ0) is 26.4. The molecule has 4 saturated heterocycles. The summed E-state index contributed by atoms with van der Waals surface area (Å²) in [5.74, 6) is 0.445. The summed E-state index contributed by atoms with van der Waals surface area (Å²) >= 11 is 1.00. The molecule has 38 heavy (non-hydrogen) atoms. The lowest BCUT2D eigenvalue weighted by molar-refractivity contribution is -0.155. The first kappa shape index (κ1) is 24.6. The summed E-state index contributed by atoms with van der Waals surface area (Å²) in [6.07, 6.45) is 0.244. The molecule has 6 heterocycles. The number of alkyl halides is 4. The van der Waals surface area contributed by atoms with Crippen molar-refractivity contribution in [3.8, 4) is 6.07 Å². The molecule has 5 atom stereocenters. The van der Waals surface area contributed by atoms with E-state index in [9.17, 15) is 23.2 Å². The molecule has 0 radical (unpaired) electrons. The van der Waals surface area contributed by atoms with Crippen LogP contribution >= 0.6 is 11.3 Å². The van der Waals surface area contributed by atoms with Gasteiger partial charge in [-0.25, -0.2) is 9.37 Å². The van der Waals surface area contributed by atoms with Gasteiger partial charge >= 0.3 is 6.18 Å². The number of rotatable bonds is 5. The number of pyridine rings is 1. The number of likely N-dealkylation sites (tertiary alicyclic amines) is 1. The van der Waals surface area contributed by atoms with Gasteiger partial charge in [0.2, 0.25) is 5.91 Å². The van der Waals surface area contributed by atoms with Crippen LogP contribution in [0.1, 0.15) is 42.5 Å². The number of piperidine rings is 2. The van der Waals surface area contributed by atoms with E-state index < -0.39 is 24.8 Å². The number of anilines is 1. The highest BCUT2D eigenvalue weighted by Crippen LogP contribution is 2.49. The van der Waals surface area contributed by atoms with E-state index in [-0.39, 0.29) is 34.1 Å². The molecule has 6 fully saturated rings. The number of hydrogen-bond donors (Lipinski definition) is 1. The van der Waals surface area contributed by atoms with Crippen LogP contribution in [0.2, 0.25) is 0 Å². The fraction of sp³-hybridized carbons (Fsp3) is 0.667. The fourth-order valence-corrected chi connectivity index (χ4v) is 8.49. The SMILES string of the molecule is N#Cc1cnc2sc(CC(F)(F)F)cc2c1N1CC2(CN(C(=O)[C@H]3N[C@H]4CC[C@@H]3[C@@H](F)[C@H]4CC3CC3)C2)C1. The minimum Gasteiger partial charge on any atom is -0.368 e. The van der Waals surface area contributed by atoms with Crippen molar-refractivity contribution in [1.82, 2.24) is 15.2 Å². The van der Waals surface area contributed by atoms with Crippen LogP contribution in [-0.4, -0.2) is 66.4 Å². The minimum atomic E-state index is -4.31. The molecular weight excluding hydrogens is 518 g/mol. The number of fused-ring (bicyclic) bond motifs is 4. The number of carbonyl (C=O) groups excluding carboxylic acids is 1. The highest BCUT2D eigenvalue weighted by molar-refractivity contribution is 7.18. The van der Waals surface area contributed by atoms with Crippen molar-refractivity contribution in [2.75, 3.05) is 31.1 Å². The Bertz CT molecular complexity index is 1320. The van der Waals surface area contributed by atoms with Crippen LogP contribution in [-0.2, 0) is 11.2 Å². The predicted molar refractivity (Wildman–Crippen MR) is 134 cm³/mol. The molecule has 2 aromatic rings. The van der Waals surface area contributed by atoms with Gasteiger partial charge in [-0.15, -0.1) is 11.3 Å². The Balaban J connectivity index is 1.02. The Morgan fingerprint density at radius 1 is 1.21 bits per heavy atom. The maximum Gasteiger partial charge on any atom is 0.393 e. The van der Waals surface area contributed by atoms with Crippen molar-refractivity contribution in [3.05, 3.63) is 22.7 Å². The topological polar surface area (TPSA) is 72.3 Å². The lowest BCUT2D eigenvalue weighted by Gasteiger charge is -2.62. The summed E-state index contributed by atoms with van der Waals surface area (Å²) < 4.78 is 54.2. The molecule has 11 heteroatoms. The van der Waals surface area contributed by atoms with Gasteiger partial charge in [0.1, 0.15) is 17.1 Å². The van der Waals surface area contributed by atoms with E-state index in [1.54, 1.807) is 0 Å². The van der Waals surface area contributed by atoms with E-state index >= 15 is 4.39 Å². The summed E-state index contributed by atoms with van der Waals surface area (Å²) in [4.78, 5) is 22.1. The van der Waals surface area contributed by atoms with E-state index in [4.69, 9.17) is 0 Å². The maximum atomic E-state index is 15.4. The van der Waals surface area contributed by atoms with Gasteiger partial charge < -0.3 is 15.1 Å². The summed E-state index contributed by atoms with van der Waals surface area (Å²) in [5, 5.41) is 13.7. The number of nitrogens with zero attached hydrogens (tertiary/aromatic N) is 4. The van der Waals surface area contributed by atoms with Crippen LogP contribution < -0.4 is 10.2 Å². The van der Waals surface area contributed by atoms with E-state index in [0.29, 0.717) is 53.6 Å². The molecule has 1 spiro atoms. The monoisotopic (exact) mass is 547 g/mol. The van der Waals surface area contributed by atoms with Gasteiger partial charge in [-0.3, -0.25) is 4.79 Å². The van der Waals surface area contributed by atoms with Crippen LogP contribution in [0.3, 0.4) is 0 Å². The van der Waals surface area contributed by atoms with E-state index in [0.717, 1.165) is 30.6 Å². The molecule has 2 aromatic heterocycles. The zero-order valence-corrected chi connectivity index (χ0v) is 21.6. The van der Waals surface area contributed by atoms with Crippen LogP contribution in [0.15, 0.2) is 12.3 Å². The third-order valence-corrected chi connectivity index (χ3v) is 10.4. The molecule has 1 N–H and O–H groups in total. The van der Waals surface area contributed by atoms with Crippen LogP contribution in [0, 0.1) is 34.5 Å². The average Bonchev–Trinajstić information content (AvgIpc) is 3.55. The summed E-state index contributed by atoms with van der Waals surface area (Å²) in [6, 6.07) is 3.28. The van der Waals surface area contributed by atoms with Crippen molar-refractivity contribution in [2.45, 2.75) is 63.0 Å². The zero-order valence-electron chi connectivity index (χ0n) is 20.8. The molecule has 202 valence electrons. The second-order valence-corrected chi connectivity index (χ2v) is 13.3. The van der Waals surface area contributed by atoms with Gasteiger partial charge in [0, 0.05) is 65.9 Å². The molecule has 4 aliphatic heterocycles. The molecule has 6 aliphatic rings. The molecule has 8 rings (SSSR count). The molecule has 2 bridgehead atoms. The smallest absolute Gasteiger partial charge is 0.368 e. The Kier molecular flexibility index (Phi) is 5.51. The highest BCUT2D eigenvalue weighted by Gasteiger charge is 2.58. The number of hydrogen-bond acceptors (Lipinski definition) is 6. The second-order valence-electron chi connectivity index (χ2n) is 12.2. The summed E-state index contributed by atoms with van der Waals surface area (Å²) in [6.45, 7) is 2.40. The molecule has 1 amide bonds. The van der Waals surface area contributed by atoms with Crippen LogP contribution in [0.25, 0.3) is 10.2 Å². The van der Waals surface area contributed by atoms with Gasteiger partial charge in [-0.2, -0.15) is 18.4 Å². The van der Waals surface area contributed by atoms with Crippen molar-refractivity contribution < 1.29 is 22.4 Å². The van der Waals surface area contributed by atoms with E-state index in [1.807, 2.05) is 9.80 Å². The number of carbonyl (C=O) groups is 1. The predicted octanol–water partition coefficient (Wildman–Crippen LogP) is 4.43. The molecular formula is C27H29F4N5OS. The standard InChI is InChI=1S/C27H29F4N5OS/c28-21-17-3-4-20(18(21)5-14-1-2-14)34-22(17)25(37)36-12-26(13-36)10-35(11-26)23-15(8-32)9-33-24-19(23)6-16(38-24)7-27(29,30)31/h6,9,14,17-18,20-22,34H,1-5,7,10-13H2/t17-,18+,20+,21-,22+/m1/s1. The van der Waals surface area contributed by atoms with Crippen molar-refractivity contribution in [1.29, 1.82) is 5.26 Å². The van der Waals surface area contributed by atoms with Gasteiger partial charge in [0.25, 0.3) is 0 Å². The first-order valence-corrected chi connectivity index (χ1v) is 14.3. The normalized spacial score (nSPS) is 31.8. The maximum absolute atomic E-state index is 15.4. The Hall–Kier alpha value is -2.45. The van der Waals surface area contributed by atoms with Crippen molar-refractivity contribution in [3.63, 3.8) is 0 Å². The molecule has 6 nitrogen and oxygen atoms in total. The Labute approximate surface area is 222 Å². The quantitative estimate of drug-likeness (QED) is 0.561. The lowest BCUT2D eigenvalue weighted by Crippen LogP contribution is -2.76.